The topological polar surface area (TPSA) is 76.7 Å². The zero-order valence-corrected chi connectivity index (χ0v) is 14.6. The van der Waals surface area contributed by atoms with E-state index in [0.29, 0.717) is 23.6 Å². The molecule has 0 saturated carbocycles. The van der Waals surface area contributed by atoms with Gasteiger partial charge >= 0.3 is 12.0 Å². The molecule has 2 N–H and O–H groups in total. The molecule has 1 aliphatic rings. The molecule has 1 unspecified atom stereocenters. The van der Waals surface area contributed by atoms with Gasteiger partial charge in [0.15, 0.2) is 0 Å². The summed E-state index contributed by atoms with van der Waals surface area (Å²) in [5.41, 5.74) is 1.69. The van der Waals surface area contributed by atoms with E-state index in [0.717, 1.165) is 17.3 Å². The first-order valence-corrected chi connectivity index (χ1v) is 8.34. The maximum Gasteiger partial charge on any atom is 0.338 e. The van der Waals surface area contributed by atoms with E-state index in [1.54, 1.807) is 26.2 Å². The third kappa shape index (κ3) is 4.25. The average molecular weight is 383 g/mol. The molecular weight excluding hydrogens is 364 g/mol. The SMILES string of the molecule is COc1ccc(C2NC(=O)NC(C)=C2C(=O)OCCCBr)cc1. The molecule has 0 saturated heterocycles. The summed E-state index contributed by atoms with van der Waals surface area (Å²) in [6.45, 7) is 2.01. The van der Waals surface area contributed by atoms with Crippen LogP contribution in [0.5, 0.6) is 5.75 Å². The zero-order chi connectivity index (χ0) is 16.8. The lowest BCUT2D eigenvalue weighted by Crippen LogP contribution is -2.45. The molecule has 0 radical (unpaired) electrons. The van der Waals surface area contributed by atoms with E-state index in [1.165, 1.54) is 0 Å². The fourth-order valence-electron chi connectivity index (χ4n) is 2.31. The molecule has 2 amide bonds. The Morgan fingerprint density at radius 2 is 2.00 bits per heavy atom. The van der Waals surface area contributed by atoms with Gasteiger partial charge in [-0.25, -0.2) is 9.59 Å². The number of carbonyl (C=O) groups excluding carboxylic acids is 2. The number of esters is 1. The van der Waals surface area contributed by atoms with E-state index in [-0.39, 0.29) is 6.03 Å². The Bertz CT molecular complexity index is 613. The van der Waals surface area contributed by atoms with Crippen LogP contribution in [0.4, 0.5) is 4.79 Å². The highest BCUT2D eigenvalue weighted by atomic mass is 79.9. The summed E-state index contributed by atoms with van der Waals surface area (Å²) in [5.74, 6) is 0.271. The highest BCUT2D eigenvalue weighted by molar-refractivity contribution is 9.09. The van der Waals surface area contributed by atoms with Crippen LogP contribution in [-0.2, 0) is 9.53 Å². The number of hydrogen-bond donors (Lipinski definition) is 2. The summed E-state index contributed by atoms with van der Waals surface area (Å²) >= 11 is 3.29. The minimum absolute atomic E-state index is 0.324. The van der Waals surface area contributed by atoms with Gasteiger partial charge in [-0.05, 0) is 31.0 Å². The molecule has 6 nitrogen and oxygen atoms in total. The van der Waals surface area contributed by atoms with Gasteiger partial charge in [0, 0.05) is 11.0 Å². The number of halogens is 1. The first-order chi connectivity index (χ1) is 11.1. The average Bonchev–Trinajstić information content (AvgIpc) is 2.54. The third-order valence-electron chi connectivity index (χ3n) is 3.45. The lowest BCUT2D eigenvalue weighted by atomic mass is 9.95. The van der Waals surface area contributed by atoms with Crippen molar-refractivity contribution in [1.82, 2.24) is 10.6 Å². The lowest BCUT2D eigenvalue weighted by molar-refractivity contribution is -0.139. The maximum absolute atomic E-state index is 12.4. The highest BCUT2D eigenvalue weighted by Gasteiger charge is 2.32. The van der Waals surface area contributed by atoms with Crippen LogP contribution in [0.3, 0.4) is 0 Å². The number of methoxy groups -OCH3 is 1. The van der Waals surface area contributed by atoms with Crippen molar-refractivity contribution in [2.75, 3.05) is 19.0 Å². The van der Waals surface area contributed by atoms with Crippen molar-refractivity contribution < 1.29 is 19.1 Å². The summed E-state index contributed by atoms with van der Waals surface area (Å²) in [6.07, 6.45) is 0.727. The number of nitrogens with one attached hydrogen (secondary N) is 2. The predicted molar refractivity (Wildman–Crippen MR) is 89.5 cm³/mol. The van der Waals surface area contributed by atoms with Crippen molar-refractivity contribution in [3.8, 4) is 5.75 Å². The summed E-state index contributed by atoms with van der Waals surface area (Å²) in [4.78, 5) is 24.2. The van der Waals surface area contributed by atoms with Crippen molar-refractivity contribution in [1.29, 1.82) is 0 Å². The molecule has 0 aliphatic carbocycles. The van der Waals surface area contributed by atoms with E-state index in [2.05, 4.69) is 26.6 Å². The molecule has 1 aromatic rings. The second-order valence-electron chi connectivity index (χ2n) is 5.02. The van der Waals surface area contributed by atoms with Crippen molar-refractivity contribution in [3.63, 3.8) is 0 Å². The maximum atomic E-state index is 12.4. The van der Waals surface area contributed by atoms with Crippen molar-refractivity contribution in [2.45, 2.75) is 19.4 Å². The van der Waals surface area contributed by atoms with E-state index in [4.69, 9.17) is 9.47 Å². The van der Waals surface area contributed by atoms with Gasteiger partial charge in [-0.1, -0.05) is 28.1 Å². The monoisotopic (exact) mass is 382 g/mol. The quantitative estimate of drug-likeness (QED) is 0.450. The van der Waals surface area contributed by atoms with Gasteiger partial charge < -0.3 is 20.1 Å². The van der Waals surface area contributed by atoms with E-state index in [1.807, 2.05) is 12.1 Å². The van der Waals surface area contributed by atoms with Crippen molar-refractivity contribution in [3.05, 3.63) is 41.1 Å². The molecule has 1 heterocycles. The molecule has 0 aromatic heterocycles. The lowest BCUT2D eigenvalue weighted by Gasteiger charge is -2.28. The smallest absolute Gasteiger partial charge is 0.338 e. The molecule has 124 valence electrons. The molecule has 1 atom stereocenters. The Labute approximate surface area is 143 Å². The van der Waals surface area contributed by atoms with Gasteiger partial charge in [0.05, 0.1) is 25.3 Å². The third-order valence-corrected chi connectivity index (χ3v) is 4.01. The van der Waals surface area contributed by atoms with Gasteiger partial charge in [0.25, 0.3) is 0 Å². The zero-order valence-electron chi connectivity index (χ0n) is 13.0. The van der Waals surface area contributed by atoms with Crippen LogP contribution >= 0.6 is 15.9 Å². The highest BCUT2D eigenvalue weighted by Crippen LogP contribution is 2.28. The molecule has 0 bridgehead atoms. The number of carbonyl (C=O) groups is 2. The predicted octanol–water partition coefficient (Wildman–Crippen LogP) is 2.65. The van der Waals surface area contributed by atoms with E-state index < -0.39 is 12.0 Å². The van der Waals surface area contributed by atoms with Crippen LogP contribution in [0, 0.1) is 0 Å². The van der Waals surface area contributed by atoms with Crippen LogP contribution in [-0.4, -0.2) is 31.0 Å². The largest absolute Gasteiger partial charge is 0.497 e. The Morgan fingerprint density at radius 3 is 2.61 bits per heavy atom. The molecule has 1 aliphatic heterocycles. The summed E-state index contributed by atoms with van der Waals surface area (Å²) < 4.78 is 10.4. The van der Waals surface area contributed by atoms with Crippen LogP contribution < -0.4 is 15.4 Å². The standard InChI is InChI=1S/C16H19BrN2O4/c1-10-13(15(20)23-9-3-8-17)14(19-16(21)18-10)11-4-6-12(22-2)7-5-11/h4-7,14H,3,8-9H2,1-2H3,(H2,18,19,21). The Morgan fingerprint density at radius 1 is 1.30 bits per heavy atom. The fraction of sp³-hybridized carbons (Fsp3) is 0.375. The summed E-state index contributed by atoms with van der Waals surface area (Å²) in [6, 6.07) is 6.30. The molecule has 0 spiro atoms. The number of allylic oxidation sites excluding steroid dienone is 1. The first-order valence-electron chi connectivity index (χ1n) is 7.22. The Hall–Kier alpha value is -2.02. The molecule has 1 aromatic carbocycles. The number of amides is 2. The van der Waals surface area contributed by atoms with Gasteiger partial charge in [-0.15, -0.1) is 0 Å². The Balaban J connectivity index is 2.27. The van der Waals surface area contributed by atoms with Crippen molar-refractivity contribution >= 4 is 27.9 Å². The molecule has 23 heavy (non-hydrogen) atoms. The minimum atomic E-state index is -0.550. The molecular formula is C16H19BrN2O4. The normalized spacial score (nSPS) is 17.3. The number of urea groups is 1. The van der Waals surface area contributed by atoms with Gasteiger partial charge in [0.1, 0.15) is 5.75 Å². The summed E-state index contributed by atoms with van der Waals surface area (Å²) in [7, 11) is 1.58. The Kier molecular flexibility index (Phi) is 6.04. The number of rotatable bonds is 6. The van der Waals surface area contributed by atoms with Crippen molar-refractivity contribution in [2.24, 2.45) is 0 Å². The minimum Gasteiger partial charge on any atom is -0.497 e. The van der Waals surface area contributed by atoms with Crippen LogP contribution in [0.2, 0.25) is 0 Å². The van der Waals surface area contributed by atoms with E-state index in [9.17, 15) is 9.59 Å². The number of hydrogen-bond acceptors (Lipinski definition) is 4. The molecule has 0 fully saturated rings. The fourth-order valence-corrected chi connectivity index (χ4v) is 2.54. The number of ether oxygens (including phenoxy) is 2. The molecule has 2 rings (SSSR count). The first kappa shape index (κ1) is 17.3. The van der Waals surface area contributed by atoms with Gasteiger partial charge in [-0.3, -0.25) is 0 Å². The second kappa shape index (κ2) is 8.01. The van der Waals surface area contributed by atoms with Gasteiger partial charge in [-0.2, -0.15) is 0 Å². The van der Waals surface area contributed by atoms with Crippen LogP contribution in [0.25, 0.3) is 0 Å². The summed E-state index contributed by atoms with van der Waals surface area (Å²) in [5, 5.41) is 6.14. The van der Waals surface area contributed by atoms with Gasteiger partial charge in [0.2, 0.25) is 0 Å². The van der Waals surface area contributed by atoms with E-state index >= 15 is 0 Å². The van der Waals surface area contributed by atoms with Crippen LogP contribution in [0.1, 0.15) is 24.9 Å². The molecule has 7 heteroatoms. The number of alkyl halides is 1. The second-order valence-corrected chi connectivity index (χ2v) is 5.81. The number of benzene rings is 1. The van der Waals surface area contributed by atoms with Crippen LogP contribution in [0.15, 0.2) is 35.5 Å².